The van der Waals surface area contributed by atoms with Crippen LogP contribution in [0.1, 0.15) is 34.1 Å². The number of esters is 1. The number of Topliss-reactive ketones (excluding diaryl/α,β-unsaturated/α-hetero) is 1. The maximum atomic E-state index is 12.6. The minimum absolute atomic E-state index is 0.394. The number of halogens is 1. The fourth-order valence-corrected chi connectivity index (χ4v) is 1.72. The summed E-state index contributed by atoms with van der Waals surface area (Å²) in [5.74, 6) is -2.03. The number of hydrogen-bond donors (Lipinski definition) is 2. The molecule has 0 aromatic carbocycles. The lowest BCUT2D eigenvalue weighted by molar-refractivity contribution is -0.144. The third kappa shape index (κ3) is 4.77. The van der Waals surface area contributed by atoms with E-state index in [2.05, 4.69) is 15.4 Å². The van der Waals surface area contributed by atoms with Crippen molar-refractivity contribution in [3.8, 4) is 0 Å². The van der Waals surface area contributed by atoms with Gasteiger partial charge in [0.15, 0.2) is 5.78 Å². The van der Waals surface area contributed by atoms with E-state index >= 15 is 0 Å². The average Bonchev–Trinajstić information content (AvgIpc) is 2.42. The summed E-state index contributed by atoms with van der Waals surface area (Å²) in [7, 11) is 2.78. The van der Waals surface area contributed by atoms with E-state index < -0.39 is 47.8 Å². The highest BCUT2D eigenvalue weighted by Gasteiger charge is 2.44. The molecule has 0 saturated heterocycles. The summed E-state index contributed by atoms with van der Waals surface area (Å²) in [6.45, 7) is 5.99. The summed E-state index contributed by atoms with van der Waals surface area (Å²) in [6, 6.07) is -1.23. The molecular formula is C14H25FN2O4. The topological polar surface area (TPSA) is 84.5 Å². The number of carbonyl (C=O) groups is 3. The van der Waals surface area contributed by atoms with E-state index in [1.54, 1.807) is 14.0 Å². The number of ketones is 1. The van der Waals surface area contributed by atoms with E-state index in [4.69, 9.17) is 0 Å². The van der Waals surface area contributed by atoms with Gasteiger partial charge in [-0.2, -0.15) is 0 Å². The molecule has 6 nitrogen and oxygen atoms in total. The molecule has 0 aliphatic carbocycles. The molecule has 2 N–H and O–H groups in total. The molecule has 0 aromatic rings. The average molecular weight is 304 g/mol. The summed E-state index contributed by atoms with van der Waals surface area (Å²) in [5.41, 5.74) is -1.45. The van der Waals surface area contributed by atoms with E-state index in [9.17, 15) is 18.8 Å². The Labute approximate surface area is 124 Å². The number of alkyl halides is 1. The van der Waals surface area contributed by atoms with Crippen LogP contribution in [0, 0.1) is 5.41 Å². The maximum Gasteiger partial charge on any atom is 0.308 e. The van der Waals surface area contributed by atoms with Gasteiger partial charge in [-0.25, -0.2) is 4.39 Å². The fraction of sp³-hybridized carbons (Fsp3) is 0.786. The van der Waals surface area contributed by atoms with Crippen LogP contribution in [0.2, 0.25) is 0 Å². The summed E-state index contributed by atoms with van der Waals surface area (Å²) in [4.78, 5) is 35.3. The van der Waals surface area contributed by atoms with Gasteiger partial charge in [0, 0.05) is 0 Å². The molecule has 0 spiro atoms. The van der Waals surface area contributed by atoms with Gasteiger partial charge in [0.25, 0.3) is 0 Å². The van der Waals surface area contributed by atoms with Gasteiger partial charge in [-0.3, -0.25) is 14.4 Å². The third-order valence-corrected chi connectivity index (χ3v) is 3.88. The first-order valence-corrected chi connectivity index (χ1v) is 6.68. The molecule has 7 heteroatoms. The molecule has 0 aliphatic rings. The second kappa shape index (κ2) is 7.49. The number of nitrogens with one attached hydrogen (secondary N) is 2. The zero-order chi connectivity index (χ0) is 16.8. The van der Waals surface area contributed by atoms with Gasteiger partial charge in [0.05, 0.1) is 19.1 Å². The summed E-state index contributed by atoms with van der Waals surface area (Å²) in [5, 5.41) is 5.35. The number of hydrogen-bond acceptors (Lipinski definition) is 5. The van der Waals surface area contributed by atoms with Crippen LogP contribution in [0.3, 0.4) is 0 Å². The molecule has 2 atom stereocenters. The van der Waals surface area contributed by atoms with Crippen molar-refractivity contribution in [3.05, 3.63) is 0 Å². The largest absolute Gasteiger partial charge is 0.469 e. The quantitative estimate of drug-likeness (QED) is 0.673. The SMILES string of the molecule is CNC(C)(C(=O)NC(CC(=O)OC)C(=O)CF)C(C)(C)C. The van der Waals surface area contributed by atoms with Gasteiger partial charge >= 0.3 is 5.97 Å². The Hall–Kier alpha value is -1.50. The molecule has 0 rings (SSSR count). The Balaban J connectivity index is 5.20. The molecular weight excluding hydrogens is 279 g/mol. The van der Waals surface area contributed by atoms with Crippen LogP contribution in [0.25, 0.3) is 0 Å². The van der Waals surface area contributed by atoms with Crippen molar-refractivity contribution in [1.29, 1.82) is 0 Å². The van der Waals surface area contributed by atoms with E-state index in [-0.39, 0.29) is 0 Å². The van der Waals surface area contributed by atoms with Gasteiger partial charge < -0.3 is 15.4 Å². The van der Waals surface area contributed by atoms with Crippen molar-refractivity contribution in [1.82, 2.24) is 10.6 Å². The Morgan fingerprint density at radius 3 is 2.05 bits per heavy atom. The highest BCUT2D eigenvalue weighted by molar-refractivity contribution is 5.95. The van der Waals surface area contributed by atoms with Crippen LogP contribution in [0.4, 0.5) is 4.39 Å². The minimum Gasteiger partial charge on any atom is -0.469 e. The van der Waals surface area contributed by atoms with Gasteiger partial charge in [-0.05, 0) is 19.4 Å². The molecule has 0 heterocycles. The zero-order valence-electron chi connectivity index (χ0n) is 13.5. The molecule has 0 radical (unpaired) electrons. The van der Waals surface area contributed by atoms with Crippen molar-refractivity contribution in [2.75, 3.05) is 20.8 Å². The molecule has 2 unspecified atom stereocenters. The predicted octanol–water partition coefficient (Wildman–Crippen LogP) is 0.597. The normalized spacial score (nSPS) is 15.8. The molecule has 0 aromatic heterocycles. The van der Waals surface area contributed by atoms with E-state index in [0.29, 0.717) is 0 Å². The minimum atomic E-state index is -1.26. The Bertz CT molecular complexity index is 406. The lowest BCUT2D eigenvalue weighted by Crippen LogP contribution is -2.63. The van der Waals surface area contributed by atoms with Crippen molar-refractivity contribution < 1.29 is 23.5 Å². The lowest BCUT2D eigenvalue weighted by Gasteiger charge is -2.40. The van der Waals surface area contributed by atoms with E-state index in [1.165, 1.54) is 0 Å². The number of carbonyl (C=O) groups excluding carboxylic acids is 3. The van der Waals surface area contributed by atoms with Crippen molar-refractivity contribution in [3.63, 3.8) is 0 Å². The zero-order valence-corrected chi connectivity index (χ0v) is 13.5. The van der Waals surface area contributed by atoms with Crippen molar-refractivity contribution in [2.24, 2.45) is 5.41 Å². The maximum absolute atomic E-state index is 12.6. The highest BCUT2D eigenvalue weighted by Crippen LogP contribution is 2.30. The van der Waals surface area contributed by atoms with Gasteiger partial charge in [-0.15, -0.1) is 0 Å². The van der Waals surface area contributed by atoms with Crippen LogP contribution in [-0.4, -0.2) is 50.1 Å². The smallest absolute Gasteiger partial charge is 0.308 e. The van der Waals surface area contributed by atoms with Gasteiger partial charge in [0.2, 0.25) is 5.91 Å². The van der Waals surface area contributed by atoms with Crippen molar-refractivity contribution >= 4 is 17.7 Å². The first-order chi connectivity index (χ1) is 9.53. The second-order valence-electron chi connectivity index (χ2n) is 6.03. The number of ether oxygens (including phenoxy) is 1. The summed E-state index contributed by atoms with van der Waals surface area (Å²) >= 11 is 0. The van der Waals surface area contributed by atoms with Crippen LogP contribution in [0.15, 0.2) is 0 Å². The number of amides is 1. The Morgan fingerprint density at radius 2 is 1.71 bits per heavy atom. The van der Waals surface area contributed by atoms with Crippen LogP contribution < -0.4 is 10.6 Å². The molecule has 122 valence electrons. The summed E-state index contributed by atoms with van der Waals surface area (Å²) in [6.07, 6.45) is -0.394. The molecule has 0 aliphatic heterocycles. The Kier molecular flexibility index (Phi) is 6.96. The molecule has 0 saturated carbocycles. The van der Waals surface area contributed by atoms with Crippen LogP contribution >= 0.6 is 0 Å². The number of rotatable bonds is 7. The monoisotopic (exact) mass is 304 g/mol. The number of methoxy groups -OCH3 is 1. The van der Waals surface area contributed by atoms with E-state index in [0.717, 1.165) is 7.11 Å². The van der Waals surface area contributed by atoms with Crippen LogP contribution in [-0.2, 0) is 19.1 Å². The first-order valence-electron chi connectivity index (χ1n) is 6.68. The highest BCUT2D eigenvalue weighted by atomic mass is 19.1. The lowest BCUT2D eigenvalue weighted by atomic mass is 9.74. The van der Waals surface area contributed by atoms with Gasteiger partial charge in [-0.1, -0.05) is 20.8 Å². The van der Waals surface area contributed by atoms with E-state index in [1.807, 2.05) is 20.8 Å². The Morgan fingerprint density at radius 1 is 1.19 bits per heavy atom. The standard InChI is InChI=1S/C14H25FN2O4/c1-13(2,3)14(4,16-5)12(20)17-9(10(18)8-15)7-11(19)21-6/h9,16H,7-8H2,1-6H3,(H,17,20). The number of likely N-dealkylation sites (N-methyl/N-ethyl adjacent to an activating group) is 1. The first kappa shape index (κ1) is 19.5. The fourth-order valence-electron chi connectivity index (χ4n) is 1.72. The van der Waals surface area contributed by atoms with Crippen LogP contribution in [0.5, 0.6) is 0 Å². The predicted molar refractivity (Wildman–Crippen MR) is 76.5 cm³/mol. The molecule has 0 fully saturated rings. The summed E-state index contributed by atoms with van der Waals surface area (Å²) < 4.78 is 17.0. The second-order valence-corrected chi connectivity index (χ2v) is 6.03. The molecule has 0 bridgehead atoms. The molecule has 1 amide bonds. The third-order valence-electron chi connectivity index (χ3n) is 3.88. The molecule has 21 heavy (non-hydrogen) atoms. The van der Waals surface area contributed by atoms with Crippen molar-refractivity contribution in [2.45, 2.75) is 45.7 Å². The van der Waals surface area contributed by atoms with Gasteiger partial charge in [0.1, 0.15) is 12.7 Å².